The van der Waals surface area contributed by atoms with E-state index < -0.39 is 0 Å². The number of hydrogen-bond acceptors (Lipinski definition) is 2. The first-order chi connectivity index (χ1) is 23.8. The Bertz CT molecular complexity index is 2710. The summed E-state index contributed by atoms with van der Waals surface area (Å²) in [6, 6.07) is 58.7. The van der Waals surface area contributed by atoms with Crippen LogP contribution in [-0.4, -0.2) is 9.13 Å². The minimum atomic E-state index is 0.541. The van der Waals surface area contributed by atoms with Crippen LogP contribution < -0.4 is 0 Å². The van der Waals surface area contributed by atoms with Crippen LogP contribution in [0.3, 0.4) is 0 Å². The zero-order valence-electron chi connectivity index (χ0n) is 25.8. The number of nitrogens with zero attached hydrogens (tertiary/aromatic N) is 4. The Morgan fingerprint density at radius 2 is 0.833 bits per heavy atom. The lowest BCUT2D eigenvalue weighted by Gasteiger charge is -2.17. The van der Waals surface area contributed by atoms with Gasteiger partial charge in [0.2, 0.25) is 0 Å². The molecule has 0 amide bonds. The molecule has 2 heterocycles. The van der Waals surface area contributed by atoms with Crippen molar-refractivity contribution < 1.29 is 0 Å². The fraction of sp³-hybridized carbons (Fsp3) is 0. The molecule has 0 fully saturated rings. The molecule has 0 bridgehead atoms. The smallest absolute Gasteiger partial charge is 0.101 e. The van der Waals surface area contributed by atoms with Crippen molar-refractivity contribution in [3.63, 3.8) is 0 Å². The van der Waals surface area contributed by atoms with Gasteiger partial charge in [0.25, 0.3) is 0 Å². The van der Waals surface area contributed by atoms with Crippen LogP contribution >= 0.6 is 0 Å². The number of benzene rings is 7. The van der Waals surface area contributed by atoms with E-state index in [9.17, 15) is 10.5 Å². The Labute approximate surface area is 277 Å². The highest BCUT2D eigenvalue weighted by molar-refractivity contribution is 6.10. The molecule has 48 heavy (non-hydrogen) atoms. The molecule has 0 saturated carbocycles. The lowest BCUT2D eigenvalue weighted by Crippen LogP contribution is -2.00. The van der Waals surface area contributed by atoms with Crippen molar-refractivity contribution in [3.8, 4) is 45.8 Å². The molecule has 0 atom stereocenters. The van der Waals surface area contributed by atoms with Crippen molar-refractivity contribution in [2.24, 2.45) is 0 Å². The van der Waals surface area contributed by atoms with Gasteiger partial charge in [0.15, 0.2) is 0 Å². The van der Waals surface area contributed by atoms with E-state index in [4.69, 9.17) is 0 Å². The van der Waals surface area contributed by atoms with E-state index in [0.717, 1.165) is 66.5 Å². The predicted octanol–water partition coefficient (Wildman–Crippen LogP) is 11.0. The summed E-state index contributed by atoms with van der Waals surface area (Å²) in [5, 5.41) is 25.9. The van der Waals surface area contributed by atoms with Crippen LogP contribution in [0.4, 0.5) is 0 Å². The van der Waals surface area contributed by atoms with Gasteiger partial charge >= 0.3 is 0 Å². The van der Waals surface area contributed by atoms with Gasteiger partial charge in [-0.25, -0.2) is 0 Å². The number of nitriles is 2. The SMILES string of the molecule is N#Cc1cc(-c2cccc(-c3ccccc3-n3c4ccccc4c4ccccc43)c2C#N)ccc1-n1c2ccccc2c2ccccc21. The Morgan fingerprint density at radius 3 is 1.38 bits per heavy atom. The minimum Gasteiger partial charge on any atom is -0.309 e. The summed E-state index contributed by atoms with van der Waals surface area (Å²) in [7, 11) is 0. The van der Waals surface area contributed by atoms with Crippen LogP contribution in [0.25, 0.3) is 77.2 Å². The quantitative estimate of drug-likeness (QED) is 0.199. The maximum absolute atomic E-state index is 10.7. The van der Waals surface area contributed by atoms with Crippen LogP contribution in [0.15, 0.2) is 158 Å². The van der Waals surface area contributed by atoms with E-state index in [1.807, 2.05) is 72.8 Å². The number of aromatic nitrogens is 2. The molecule has 4 nitrogen and oxygen atoms in total. The molecule has 4 heteroatoms. The maximum Gasteiger partial charge on any atom is 0.101 e. The third kappa shape index (κ3) is 4.01. The maximum atomic E-state index is 10.7. The first-order valence-corrected chi connectivity index (χ1v) is 15.9. The topological polar surface area (TPSA) is 57.4 Å². The number of rotatable bonds is 4. The third-order valence-electron chi connectivity index (χ3n) is 9.44. The molecular formula is C44H26N4. The van der Waals surface area contributed by atoms with Gasteiger partial charge in [0, 0.05) is 38.2 Å². The molecular weight excluding hydrogens is 585 g/mol. The summed E-state index contributed by atoms with van der Waals surface area (Å²) >= 11 is 0. The van der Waals surface area contributed by atoms with E-state index in [2.05, 4.69) is 106 Å². The minimum absolute atomic E-state index is 0.541. The summed E-state index contributed by atoms with van der Waals surface area (Å²) < 4.78 is 4.46. The second kappa shape index (κ2) is 10.9. The Hall–Kier alpha value is -6.88. The van der Waals surface area contributed by atoms with Crippen LogP contribution in [0, 0.1) is 22.7 Å². The Kier molecular flexibility index (Phi) is 6.22. The molecule has 0 unspecified atom stereocenters. The number of para-hydroxylation sites is 5. The first kappa shape index (κ1) is 27.4. The average molecular weight is 611 g/mol. The first-order valence-electron chi connectivity index (χ1n) is 15.9. The largest absolute Gasteiger partial charge is 0.309 e. The highest BCUT2D eigenvalue weighted by Gasteiger charge is 2.20. The van der Waals surface area contributed by atoms with E-state index in [1.54, 1.807) is 0 Å². The van der Waals surface area contributed by atoms with Crippen LogP contribution in [-0.2, 0) is 0 Å². The van der Waals surface area contributed by atoms with Gasteiger partial charge in [-0.15, -0.1) is 0 Å². The molecule has 0 radical (unpaired) electrons. The molecule has 0 N–H and O–H groups in total. The molecule has 0 spiro atoms. The average Bonchev–Trinajstić information content (AvgIpc) is 3.67. The number of hydrogen-bond donors (Lipinski definition) is 0. The van der Waals surface area contributed by atoms with Crippen LogP contribution in [0.1, 0.15) is 11.1 Å². The monoisotopic (exact) mass is 610 g/mol. The van der Waals surface area contributed by atoms with Gasteiger partial charge in [0.05, 0.1) is 44.6 Å². The van der Waals surface area contributed by atoms with E-state index >= 15 is 0 Å². The van der Waals surface area contributed by atoms with Gasteiger partial charge < -0.3 is 9.13 Å². The van der Waals surface area contributed by atoms with E-state index in [0.29, 0.717) is 11.1 Å². The highest BCUT2D eigenvalue weighted by atomic mass is 15.0. The lowest BCUT2D eigenvalue weighted by molar-refractivity contribution is 1.17. The standard InChI is InChI=1S/C44H26N4/c45-27-30-26-29(24-25-39(30)47-41-20-7-2-13-34(41)35-14-3-8-21-42(35)47)31-17-11-18-32(38(31)28-46)33-12-1-6-19-40(33)48-43-22-9-4-15-36(43)37-16-5-10-23-44(37)48/h1-26H. The zero-order valence-corrected chi connectivity index (χ0v) is 25.8. The van der Waals surface area contributed by atoms with Crippen LogP contribution in [0.2, 0.25) is 0 Å². The van der Waals surface area contributed by atoms with Crippen molar-refractivity contribution in [2.75, 3.05) is 0 Å². The van der Waals surface area contributed by atoms with Gasteiger partial charge in [-0.05, 0) is 48.0 Å². The second-order valence-corrected chi connectivity index (χ2v) is 11.9. The summed E-state index contributed by atoms with van der Waals surface area (Å²) in [6.45, 7) is 0. The van der Waals surface area contributed by atoms with E-state index in [-0.39, 0.29) is 0 Å². The molecule has 9 aromatic rings. The predicted molar refractivity (Wildman–Crippen MR) is 195 cm³/mol. The summed E-state index contributed by atoms with van der Waals surface area (Å²) in [5.74, 6) is 0. The molecule has 0 saturated heterocycles. The van der Waals surface area contributed by atoms with Crippen molar-refractivity contribution in [2.45, 2.75) is 0 Å². The molecule has 0 aliphatic carbocycles. The van der Waals surface area contributed by atoms with Crippen molar-refractivity contribution in [1.29, 1.82) is 10.5 Å². The molecule has 2 aromatic heterocycles. The highest BCUT2D eigenvalue weighted by Crippen LogP contribution is 2.40. The number of fused-ring (bicyclic) bond motifs is 6. The lowest BCUT2D eigenvalue weighted by atomic mass is 9.91. The summed E-state index contributed by atoms with van der Waals surface area (Å²) in [4.78, 5) is 0. The molecule has 7 aromatic carbocycles. The van der Waals surface area contributed by atoms with Crippen molar-refractivity contribution in [3.05, 3.63) is 169 Å². The van der Waals surface area contributed by atoms with Gasteiger partial charge in [-0.2, -0.15) is 10.5 Å². The molecule has 222 valence electrons. The normalized spacial score (nSPS) is 11.3. The van der Waals surface area contributed by atoms with Crippen LogP contribution in [0.5, 0.6) is 0 Å². The third-order valence-corrected chi connectivity index (χ3v) is 9.44. The van der Waals surface area contributed by atoms with Gasteiger partial charge in [-0.3, -0.25) is 0 Å². The van der Waals surface area contributed by atoms with Crippen molar-refractivity contribution in [1.82, 2.24) is 9.13 Å². The fourth-order valence-electron chi connectivity index (χ4n) is 7.39. The fourth-order valence-corrected chi connectivity index (χ4v) is 7.39. The summed E-state index contributed by atoms with van der Waals surface area (Å²) in [6.07, 6.45) is 0. The van der Waals surface area contributed by atoms with Crippen molar-refractivity contribution >= 4 is 43.6 Å². The zero-order chi connectivity index (χ0) is 32.2. The Morgan fingerprint density at radius 1 is 0.375 bits per heavy atom. The second-order valence-electron chi connectivity index (χ2n) is 11.9. The van der Waals surface area contributed by atoms with Gasteiger partial charge in [0.1, 0.15) is 12.1 Å². The van der Waals surface area contributed by atoms with Gasteiger partial charge in [-0.1, -0.05) is 115 Å². The summed E-state index contributed by atoms with van der Waals surface area (Å²) in [5.41, 5.74) is 10.7. The Balaban J connectivity index is 1.23. The molecule has 0 aliphatic heterocycles. The molecule has 9 rings (SSSR count). The van der Waals surface area contributed by atoms with E-state index in [1.165, 1.54) is 10.8 Å². The molecule has 0 aliphatic rings.